The first-order valence-corrected chi connectivity index (χ1v) is 8.68. The number of anilines is 2. The Balaban J connectivity index is 1.71. The van der Waals surface area contributed by atoms with Gasteiger partial charge in [-0.25, -0.2) is 4.98 Å². The summed E-state index contributed by atoms with van der Waals surface area (Å²) in [5.41, 5.74) is 1.38. The Morgan fingerprint density at radius 2 is 1.91 bits per heavy atom. The van der Waals surface area contributed by atoms with Crippen LogP contribution in [0.3, 0.4) is 0 Å². The number of aromatic nitrogens is 2. The van der Waals surface area contributed by atoms with Crippen molar-refractivity contribution < 1.29 is 0 Å². The highest BCUT2D eigenvalue weighted by Gasteiger charge is 2.11. The molecule has 120 valence electrons. The normalized spacial score (nSPS) is 10.9. The zero-order valence-corrected chi connectivity index (χ0v) is 14.7. The molecule has 0 aliphatic rings. The quantitative estimate of drug-likeness (QED) is 0.692. The lowest BCUT2D eigenvalue weighted by Gasteiger charge is -2.13. The Kier molecular flexibility index (Phi) is 4.76. The van der Waals surface area contributed by atoms with Crippen LogP contribution in [-0.2, 0) is 6.42 Å². The van der Waals surface area contributed by atoms with E-state index in [-0.39, 0.29) is 0 Å². The fourth-order valence-electron chi connectivity index (χ4n) is 2.51. The van der Waals surface area contributed by atoms with Gasteiger partial charge in [0.1, 0.15) is 10.6 Å². The Bertz CT molecular complexity index is 780. The van der Waals surface area contributed by atoms with Crippen LogP contribution >= 0.6 is 11.3 Å². The molecule has 0 spiro atoms. The van der Waals surface area contributed by atoms with Crippen LogP contribution < -0.4 is 10.2 Å². The summed E-state index contributed by atoms with van der Waals surface area (Å²) in [6, 6.07) is 12.8. The fraction of sp³-hybridized carbons (Fsp3) is 0.333. The van der Waals surface area contributed by atoms with Crippen molar-refractivity contribution in [3.63, 3.8) is 0 Å². The van der Waals surface area contributed by atoms with E-state index in [9.17, 15) is 0 Å². The molecule has 1 N–H and O–H groups in total. The van der Waals surface area contributed by atoms with E-state index in [1.165, 1.54) is 10.4 Å². The van der Waals surface area contributed by atoms with Gasteiger partial charge in [0.2, 0.25) is 5.95 Å². The predicted octanol–water partition coefficient (Wildman–Crippen LogP) is 4.11. The number of aryl methyl sites for hydroxylation is 2. The Morgan fingerprint density at radius 1 is 1.13 bits per heavy atom. The summed E-state index contributed by atoms with van der Waals surface area (Å²) >= 11 is 1.72. The Morgan fingerprint density at radius 3 is 2.65 bits per heavy atom. The molecule has 0 radical (unpaired) electrons. The van der Waals surface area contributed by atoms with Crippen LogP contribution in [0, 0.1) is 6.92 Å². The van der Waals surface area contributed by atoms with Gasteiger partial charge < -0.3 is 10.2 Å². The summed E-state index contributed by atoms with van der Waals surface area (Å²) in [5, 5.41) is 4.62. The van der Waals surface area contributed by atoms with Crippen molar-refractivity contribution in [1.29, 1.82) is 0 Å². The van der Waals surface area contributed by atoms with Crippen molar-refractivity contribution in [2.75, 3.05) is 30.9 Å². The van der Waals surface area contributed by atoms with Gasteiger partial charge in [0.25, 0.3) is 0 Å². The highest BCUT2D eigenvalue weighted by atomic mass is 32.1. The molecule has 4 nitrogen and oxygen atoms in total. The number of nitrogens with zero attached hydrogens (tertiary/aromatic N) is 3. The minimum Gasteiger partial charge on any atom is -0.369 e. The molecule has 0 fully saturated rings. The van der Waals surface area contributed by atoms with Crippen LogP contribution in [0.25, 0.3) is 10.2 Å². The number of nitrogens with one attached hydrogen (secondary N) is 1. The van der Waals surface area contributed by atoms with Gasteiger partial charge in [0.15, 0.2) is 0 Å². The van der Waals surface area contributed by atoms with Gasteiger partial charge in [-0.1, -0.05) is 30.3 Å². The molecule has 0 aliphatic heterocycles. The van der Waals surface area contributed by atoms with Gasteiger partial charge in [-0.3, -0.25) is 0 Å². The van der Waals surface area contributed by atoms with Crippen LogP contribution in [0.2, 0.25) is 0 Å². The average molecular weight is 326 g/mol. The van der Waals surface area contributed by atoms with Crippen molar-refractivity contribution >= 4 is 33.3 Å². The minimum absolute atomic E-state index is 0.755. The second-order valence-corrected chi connectivity index (χ2v) is 7.09. The number of hydrogen-bond acceptors (Lipinski definition) is 5. The highest BCUT2D eigenvalue weighted by molar-refractivity contribution is 7.18. The van der Waals surface area contributed by atoms with Gasteiger partial charge >= 0.3 is 0 Å². The molecular formula is C18H22N4S. The lowest BCUT2D eigenvalue weighted by atomic mass is 10.1. The van der Waals surface area contributed by atoms with E-state index < -0.39 is 0 Å². The third-order valence-corrected chi connectivity index (χ3v) is 4.63. The molecule has 0 atom stereocenters. The summed E-state index contributed by atoms with van der Waals surface area (Å²) in [6.07, 6.45) is 2.15. The van der Waals surface area contributed by atoms with Gasteiger partial charge in [-0.2, -0.15) is 4.98 Å². The third-order valence-electron chi connectivity index (χ3n) is 3.68. The van der Waals surface area contributed by atoms with Gasteiger partial charge in [-0.15, -0.1) is 11.3 Å². The van der Waals surface area contributed by atoms with E-state index in [0.717, 1.165) is 41.4 Å². The molecular weight excluding hydrogens is 304 g/mol. The van der Waals surface area contributed by atoms with Crippen LogP contribution in [0.4, 0.5) is 11.8 Å². The predicted molar refractivity (Wildman–Crippen MR) is 99.7 cm³/mol. The summed E-state index contributed by atoms with van der Waals surface area (Å²) < 4.78 is 0. The third kappa shape index (κ3) is 3.79. The first kappa shape index (κ1) is 15.7. The number of thiophene rings is 1. The van der Waals surface area contributed by atoms with Crippen LogP contribution in [-0.4, -0.2) is 30.6 Å². The maximum atomic E-state index is 4.67. The molecule has 0 bridgehead atoms. The topological polar surface area (TPSA) is 41.1 Å². The Hall–Kier alpha value is -2.14. The van der Waals surface area contributed by atoms with Crippen LogP contribution in [0.5, 0.6) is 0 Å². The maximum absolute atomic E-state index is 4.67. The van der Waals surface area contributed by atoms with E-state index in [1.807, 2.05) is 19.0 Å². The second kappa shape index (κ2) is 6.96. The van der Waals surface area contributed by atoms with E-state index in [4.69, 9.17) is 0 Å². The van der Waals surface area contributed by atoms with E-state index in [0.29, 0.717) is 0 Å². The first-order valence-electron chi connectivity index (χ1n) is 7.87. The largest absolute Gasteiger partial charge is 0.369 e. The molecule has 0 saturated carbocycles. The van der Waals surface area contributed by atoms with Crippen molar-refractivity contribution in [2.24, 2.45) is 0 Å². The Labute approximate surface area is 141 Å². The SMILES string of the molecule is Cc1cc2c(NCCCc3ccccc3)nc(N(C)C)nc2s1. The second-order valence-electron chi connectivity index (χ2n) is 5.86. The number of rotatable bonds is 6. The van der Waals surface area contributed by atoms with Crippen LogP contribution in [0.15, 0.2) is 36.4 Å². The molecule has 0 aliphatic carbocycles. The van der Waals surface area contributed by atoms with Crippen molar-refractivity contribution in [3.8, 4) is 0 Å². The summed E-state index contributed by atoms with van der Waals surface area (Å²) in [5.74, 6) is 1.70. The van der Waals surface area contributed by atoms with Crippen molar-refractivity contribution in [1.82, 2.24) is 9.97 Å². The standard InChI is InChI=1S/C18H22N4S/c1-13-12-15-16(20-18(22(2)3)21-17(15)23-13)19-11-7-10-14-8-5-4-6-9-14/h4-6,8-9,12H,7,10-11H2,1-3H3,(H,19,20,21). The smallest absolute Gasteiger partial charge is 0.228 e. The van der Waals surface area contributed by atoms with Crippen LogP contribution in [0.1, 0.15) is 16.9 Å². The van der Waals surface area contributed by atoms with Crippen molar-refractivity contribution in [2.45, 2.75) is 19.8 Å². The summed E-state index contributed by atoms with van der Waals surface area (Å²) in [6.45, 7) is 3.02. The van der Waals surface area contributed by atoms with E-state index >= 15 is 0 Å². The lowest BCUT2D eigenvalue weighted by Crippen LogP contribution is -2.14. The van der Waals surface area contributed by atoms with Gasteiger partial charge in [-0.05, 0) is 31.4 Å². The zero-order chi connectivity index (χ0) is 16.2. The van der Waals surface area contributed by atoms with E-state index in [1.54, 1.807) is 11.3 Å². The number of benzene rings is 1. The molecule has 3 aromatic rings. The maximum Gasteiger partial charge on any atom is 0.228 e. The molecule has 3 rings (SSSR count). The van der Waals surface area contributed by atoms with Crippen molar-refractivity contribution in [3.05, 3.63) is 46.8 Å². The monoisotopic (exact) mass is 326 g/mol. The average Bonchev–Trinajstić information content (AvgIpc) is 2.92. The highest BCUT2D eigenvalue weighted by Crippen LogP contribution is 2.30. The first-order chi connectivity index (χ1) is 11.1. The molecule has 0 saturated heterocycles. The molecule has 2 aromatic heterocycles. The fourth-order valence-corrected chi connectivity index (χ4v) is 3.38. The molecule has 23 heavy (non-hydrogen) atoms. The molecule has 0 unspecified atom stereocenters. The van der Waals surface area contributed by atoms with Gasteiger partial charge in [0.05, 0.1) is 5.39 Å². The summed E-state index contributed by atoms with van der Waals surface area (Å²) in [4.78, 5) is 13.6. The molecule has 1 aromatic carbocycles. The van der Waals surface area contributed by atoms with Gasteiger partial charge in [0, 0.05) is 25.5 Å². The number of hydrogen-bond donors (Lipinski definition) is 1. The van der Waals surface area contributed by atoms with E-state index in [2.05, 4.69) is 58.6 Å². The summed E-state index contributed by atoms with van der Waals surface area (Å²) in [7, 11) is 3.95. The minimum atomic E-state index is 0.755. The molecule has 5 heteroatoms. The number of fused-ring (bicyclic) bond motifs is 1. The lowest BCUT2D eigenvalue weighted by molar-refractivity contribution is 0.858. The molecule has 0 amide bonds. The molecule has 2 heterocycles. The zero-order valence-electron chi connectivity index (χ0n) is 13.8.